The van der Waals surface area contributed by atoms with Crippen LogP contribution in [-0.4, -0.2) is 42.3 Å². The van der Waals surface area contributed by atoms with Crippen LogP contribution in [0.2, 0.25) is 0 Å². The molecule has 0 bridgehead atoms. The molecule has 3 heteroatoms. The normalized spacial score (nSPS) is 37.7. The highest BCUT2D eigenvalue weighted by atomic mass is 16.5. The molecular formula is C15H30N2O. The number of rotatable bonds is 3. The molecule has 3 atom stereocenters. The average Bonchev–Trinajstić information content (AvgIpc) is 2.42. The van der Waals surface area contributed by atoms with Gasteiger partial charge in [-0.25, -0.2) is 0 Å². The summed E-state index contributed by atoms with van der Waals surface area (Å²) >= 11 is 0. The van der Waals surface area contributed by atoms with Gasteiger partial charge in [0.25, 0.3) is 0 Å². The van der Waals surface area contributed by atoms with Crippen LogP contribution in [0.5, 0.6) is 0 Å². The van der Waals surface area contributed by atoms with Crippen LogP contribution in [0, 0.1) is 5.92 Å². The van der Waals surface area contributed by atoms with Gasteiger partial charge in [0.2, 0.25) is 0 Å². The van der Waals surface area contributed by atoms with Gasteiger partial charge in [-0.15, -0.1) is 0 Å². The maximum absolute atomic E-state index is 6.12. The summed E-state index contributed by atoms with van der Waals surface area (Å²) in [5.41, 5.74) is 6.27. The van der Waals surface area contributed by atoms with E-state index >= 15 is 0 Å². The molecule has 0 aromatic carbocycles. The Hall–Kier alpha value is -0.120. The minimum absolute atomic E-state index is 0.145. The van der Waals surface area contributed by atoms with E-state index in [0.717, 1.165) is 25.9 Å². The van der Waals surface area contributed by atoms with Gasteiger partial charge < -0.3 is 10.5 Å². The summed E-state index contributed by atoms with van der Waals surface area (Å²) in [6.07, 6.45) is 5.85. The van der Waals surface area contributed by atoms with Crippen LogP contribution >= 0.6 is 0 Å². The van der Waals surface area contributed by atoms with Crippen LogP contribution < -0.4 is 5.73 Å². The van der Waals surface area contributed by atoms with E-state index in [1.807, 2.05) is 0 Å². The van der Waals surface area contributed by atoms with Crippen LogP contribution in [0.25, 0.3) is 0 Å². The Morgan fingerprint density at radius 1 is 1.28 bits per heavy atom. The molecule has 0 aliphatic carbocycles. The molecule has 2 aliphatic rings. The van der Waals surface area contributed by atoms with Gasteiger partial charge in [0.1, 0.15) is 0 Å². The zero-order valence-electron chi connectivity index (χ0n) is 12.3. The summed E-state index contributed by atoms with van der Waals surface area (Å²) in [4.78, 5) is 2.68. The minimum atomic E-state index is 0.145. The van der Waals surface area contributed by atoms with Crippen molar-refractivity contribution in [1.29, 1.82) is 0 Å². The number of ether oxygens (including phenoxy) is 1. The molecule has 2 heterocycles. The first-order valence-electron chi connectivity index (χ1n) is 7.74. The lowest BCUT2D eigenvalue weighted by Crippen LogP contribution is -2.54. The van der Waals surface area contributed by atoms with Crippen LogP contribution in [0.15, 0.2) is 0 Å². The predicted octanol–water partition coefficient (Wildman–Crippen LogP) is 2.39. The monoisotopic (exact) mass is 254 g/mol. The fourth-order valence-electron chi connectivity index (χ4n) is 3.58. The summed E-state index contributed by atoms with van der Waals surface area (Å²) < 4.78 is 6.08. The van der Waals surface area contributed by atoms with Crippen molar-refractivity contribution in [3.63, 3.8) is 0 Å². The van der Waals surface area contributed by atoms with Gasteiger partial charge in [0.05, 0.1) is 5.60 Å². The second-order valence-corrected chi connectivity index (χ2v) is 6.31. The summed E-state index contributed by atoms with van der Waals surface area (Å²) in [5.74, 6) is 0.638. The fourth-order valence-corrected chi connectivity index (χ4v) is 3.58. The van der Waals surface area contributed by atoms with E-state index in [4.69, 9.17) is 10.5 Å². The van der Waals surface area contributed by atoms with Crippen LogP contribution in [0.1, 0.15) is 52.9 Å². The molecule has 3 nitrogen and oxygen atoms in total. The second kappa shape index (κ2) is 5.89. The first-order valence-corrected chi connectivity index (χ1v) is 7.74. The Labute approximate surface area is 112 Å². The molecule has 2 fully saturated rings. The van der Waals surface area contributed by atoms with Gasteiger partial charge in [0, 0.05) is 25.2 Å². The molecule has 2 N–H and O–H groups in total. The van der Waals surface area contributed by atoms with E-state index < -0.39 is 0 Å². The Morgan fingerprint density at radius 3 is 2.61 bits per heavy atom. The third kappa shape index (κ3) is 2.89. The second-order valence-electron chi connectivity index (χ2n) is 6.31. The molecule has 18 heavy (non-hydrogen) atoms. The van der Waals surface area contributed by atoms with Crippen LogP contribution in [0.4, 0.5) is 0 Å². The van der Waals surface area contributed by atoms with Crippen LogP contribution in [0.3, 0.4) is 0 Å². The maximum atomic E-state index is 6.12. The quantitative estimate of drug-likeness (QED) is 0.840. The number of hydrogen-bond acceptors (Lipinski definition) is 3. The molecule has 2 rings (SSSR count). The summed E-state index contributed by atoms with van der Waals surface area (Å²) in [6, 6.07) is 1.12. The largest absolute Gasteiger partial charge is 0.375 e. The van der Waals surface area contributed by atoms with Gasteiger partial charge in [-0.1, -0.05) is 20.8 Å². The van der Waals surface area contributed by atoms with E-state index in [1.54, 1.807) is 0 Å². The van der Waals surface area contributed by atoms with Crippen molar-refractivity contribution in [3.05, 3.63) is 0 Å². The SMILES string of the molecule is CCC1(CC)CC(N2CCC(N)C(C)C2)CCO1. The molecule has 0 amide bonds. The number of likely N-dealkylation sites (tertiary alicyclic amines) is 1. The Kier molecular flexibility index (Phi) is 4.68. The average molecular weight is 254 g/mol. The minimum Gasteiger partial charge on any atom is -0.375 e. The van der Waals surface area contributed by atoms with E-state index in [2.05, 4.69) is 25.7 Å². The smallest absolute Gasteiger partial charge is 0.0692 e. The van der Waals surface area contributed by atoms with E-state index in [9.17, 15) is 0 Å². The van der Waals surface area contributed by atoms with Crippen molar-refractivity contribution >= 4 is 0 Å². The van der Waals surface area contributed by atoms with E-state index in [-0.39, 0.29) is 5.60 Å². The maximum Gasteiger partial charge on any atom is 0.0692 e. The molecule has 0 radical (unpaired) electrons. The number of nitrogens with two attached hydrogens (primary N) is 1. The Balaban J connectivity index is 1.96. The van der Waals surface area contributed by atoms with Crippen molar-refractivity contribution in [2.75, 3.05) is 19.7 Å². The standard InChI is InChI=1S/C15H30N2O/c1-4-15(5-2)10-13(7-9-18-15)17-8-6-14(16)12(3)11-17/h12-14H,4-11,16H2,1-3H3. The number of piperidine rings is 1. The number of nitrogens with zero attached hydrogens (tertiary/aromatic N) is 1. The fraction of sp³-hybridized carbons (Fsp3) is 1.00. The summed E-state index contributed by atoms with van der Waals surface area (Å²) in [5, 5.41) is 0. The van der Waals surface area contributed by atoms with E-state index in [0.29, 0.717) is 18.0 Å². The third-order valence-corrected chi connectivity index (χ3v) is 5.28. The molecule has 2 aliphatic heterocycles. The van der Waals surface area contributed by atoms with Gasteiger partial charge in [-0.05, 0) is 44.6 Å². The highest BCUT2D eigenvalue weighted by molar-refractivity contribution is 4.92. The van der Waals surface area contributed by atoms with Crippen LogP contribution in [-0.2, 0) is 4.74 Å². The highest BCUT2D eigenvalue weighted by Crippen LogP contribution is 2.34. The van der Waals surface area contributed by atoms with Crippen molar-refractivity contribution in [2.45, 2.75) is 70.6 Å². The zero-order chi connectivity index (χ0) is 13.2. The molecule has 0 aromatic heterocycles. The highest BCUT2D eigenvalue weighted by Gasteiger charge is 2.38. The molecule has 106 valence electrons. The lowest BCUT2D eigenvalue weighted by atomic mass is 9.83. The van der Waals surface area contributed by atoms with Gasteiger partial charge >= 0.3 is 0 Å². The van der Waals surface area contributed by atoms with Crippen molar-refractivity contribution in [2.24, 2.45) is 11.7 Å². The molecule has 3 unspecified atom stereocenters. The molecule has 0 aromatic rings. The number of hydrogen-bond donors (Lipinski definition) is 1. The Morgan fingerprint density at radius 2 is 2.00 bits per heavy atom. The lowest BCUT2D eigenvalue weighted by Gasteiger charge is -2.47. The predicted molar refractivity (Wildman–Crippen MR) is 75.6 cm³/mol. The topological polar surface area (TPSA) is 38.5 Å². The van der Waals surface area contributed by atoms with Crippen molar-refractivity contribution < 1.29 is 4.74 Å². The molecule has 0 saturated carbocycles. The Bertz CT molecular complexity index is 265. The molecular weight excluding hydrogens is 224 g/mol. The first kappa shape index (κ1) is 14.3. The van der Waals surface area contributed by atoms with E-state index in [1.165, 1.54) is 25.9 Å². The molecule has 0 spiro atoms. The van der Waals surface area contributed by atoms with Gasteiger partial charge in [-0.2, -0.15) is 0 Å². The summed E-state index contributed by atoms with van der Waals surface area (Å²) in [7, 11) is 0. The van der Waals surface area contributed by atoms with Crippen molar-refractivity contribution in [1.82, 2.24) is 4.90 Å². The van der Waals surface area contributed by atoms with Gasteiger partial charge in [-0.3, -0.25) is 4.90 Å². The molecule has 2 saturated heterocycles. The zero-order valence-corrected chi connectivity index (χ0v) is 12.3. The third-order valence-electron chi connectivity index (χ3n) is 5.28. The van der Waals surface area contributed by atoms with Gasteiger partial charge in [0.15, 0.2) is 0 Å². The summed E-state index contributed by atoms with van der Waals surface area (Å²) in [6.45, 7) is 10.1. The first-order chi connectivity index (χ1) is 8.60. The lowest BCUT2D eigenvalue weighted by molar-refractivity contribution is -0.114. The van der Waals surface area contributed by atoms with Crippen molar-refractivity contribution in [3.8, 4) is 0 Å².